The summed E-state index contributed by atoms with van der Waals surface area (Å²) in [6.45, 7) is 1.45. The van der Waals surface area contributed by atoms with Crippen LogP contribution in [0.4, 0.5) is 4.79 Å². The van der Waals surface area contributed by atoms with Crippen LogP contribution in [0.1, 0.15) is 38.3 Å². The van der Waals surface area contributed by atoms with Crippen LogP contribution in [0, 0.1) is 0 Å². The fraction of sp³-hybridized carbons (Fsp3) is 0.250. The van der Waals surface area contributed by atoms with Crippen LogP contribution in [0.2, 0.25) is 0 Å². The molecule has 1 aliphatic rings. The standard InChI is InChI=1S/C20H21BrN4O3/c21-15-5-6-16-17(10-15)19(27)25(18(16)26)8-2-7-23-20(28)24-12-14-4-1-3-13(9-14)11-22/h1,3-6,9-10H,2,7-8,11-12,22H2,(H2,23,24,28). The van der Waals surface area contributed by atoms with Crippen LogP contribution in [0.25, 0.3) is 0 Å². The third kappa shape index (κ3) is 4.58. The third-order valence-electron chi connectivity index (χ3n) is 4.46. The van der Waals surface area contributed by atoms with E-state index in [0.717, 1.165) is 15.6 Å². The monoisotopic (exact) mass is 444 g/mol. The molecule has 28 heavy (non-hydrogen) atoms. The Bertz CT molecular complexity index is 916. The highest BCUT2D eigenvalue weighted by Crippen LogP contribution is 2.25. The minimum absolute atomic E-state index is 0.253. The summed E-state index contributed by atoms with van der Waals surface area (Å²) in [5.74, 6) is -0.595. The van der Waals surface area contributed by atoms with Crippen molar-refractivity contribution >= 4 is 33.8 Å². The van der Waals surface area contributed by atoms with E-state index in [4.69, 9.17) is 5.73 Å². The number of hydrogen-bond acceptors (Lipinski definition) is 4. The summed E-state index contributed by atoms with van der Waals surface area (Å²) in [5.41, 5.74) is 8.41. The SMILES string of the molecule is NCc1cccc(CNC(=O)NCCCN2C(=O)c3ccc(Br)cc3C2=O)c1. The summed E-state index contributed by atoms with van der Waals surface area (Å²) in [5, 5.41) is 5.51. The van der Waals surface area contributed by atoms with E-state index >= 15 is 0 Å². The predicted octanol–water partition coefficient (Wildman–Crippen LogP) is 2.39. The average molecular weight is 445 g/mol. The highest BCUT2D eigenvalue weighted by Gasteiger charge is 2.34. The first-order valence-corrected chi connectivity index (χ1v) is 9.74. The number of halogens is 1. The molecule has 4 N–H and O–H groups in total. The molecular weight excluding hydrogens is 424 g/mol. The van der Waals surface area contributed by atoms with Gasteiger partial charge in [0.05, 0.1) is 11.1 Å². The van der Waals surface area contributed by atoms with Crippen molar-refractivity contribution in [2.45, 2.75) is 19.5 Å². The van der Waals surface area contributed by atoms with E-state index in [1.807, 2.05) is 24.3 Å². The number of nitrogens with zero attached hydrogens (tertiary/aromatic N) is 1. The number of amides is 4. The number of benzene rings is 2. The molecule has 0 atom stereocenters. The van der Waals surface area contributed by atoms with Crippen LogP contribution < -0.4 is 16.4 Å². The molecular formula is C20H21BrN4O3. The first kappa shape index (κ1) is 20.0. The zero-order valence-electron chi connectivity index (χ0n) is 15.2. The van der Waals surface area contributed by atoms with Gasteiger partial charge in [0.25, 0.3) is 11.8 Å². The number of urea groups is 1. The highest BCUT2D eigenvalue weighted by molar-refractivity contribution is 9.10. The lowest BCUT2D eigenvalue weighted by molar-refractivity contribution is 0.0653. The first-order chi connectivity index (χ1) is 13.5. The quantitative estimate of drug-likeness (QED) is 0.450. The van der Waals surface area contributed by atoms with Crippen LogP contribution in [0.3, 0.4) is 0 Å². The van der Waals surface area contributed by atoms with Gasteiger partial charge in [0.15, 0.2) is 0 Å². The molecule has 1 heterocycles. The maximum atomic E-state index is 12.4. The van der Waals surface area contributed by atoms with Crippen molar-refractivity contribution in [3.8, 4) is 0 Å². The summed E-state index contributed by atoms with van der Waals surface area (Å²) in [6, 6.07) is 12.4. The van der Waals surface area contributed by atoms with Crippen molar-refractivity contribution in [3.63, 3.8) is 0 Å². The van der Waals surface area contributed by atoms with E-state index in [-0.39, 0.29) is 24.4 Å². The van der Waals surface area contributed by atoms with E-state index < -0.39 is 0 Å². The fourth-order valence-corrected chi connectivity index (χ4v) is 3.38. The second-order valence-electron chi connectivity index (χ2n) is 6.44. The second-order valence-corrected chi connectivity index (χ2v) is 7.35. The maximum Gasteiger partial charge on any atom is 0.315 e. The van der Waals surface area contributed by atoms with E-state index in [2.05, 4.69) is 26.6 Å². The molecule has 0 unspecified atom stereocenters. The molecule has 7 nitrogen and oxygen atoms in total. The first-order valence-electron chi connectivity index (χ1n) is 8.95. The predicted molar refractivity (Wildman–Crippen MR) is 109 cm³/mol. The molecule has 0 aliphatic carbocycles. The number of carbonyl (C=O) groups is 3. The van der Waals surface area contributed by atoms with E-state index in [1.165, 1.54) is 4.90 Å². The second kappa shape index (κ2) is 8.99. The van der Waals surface area contributed by atoms with Gasteiger partial charge in [-0.15, -0.1) is 0 Å². The minimum atomic E-state index is -0.301. The number of hydrogen-bond donors (Lipinski definition) is 3. The van der Waals surface area contributed by atoms with Gasteiger partial charge in [0, 0.05) is 30.7 Å². The summed E-state index contributed by atoms with van der Waals surface area (Å²) >= 11 is 3.31. The molecule has 146 valence electrons. The van der Waals surface area contributed by atoms with Crippen LogP contribution in [-0.2, 0) is 13.1 Å². The van der Waals surface area contributed by atoms with Gasteiger partial charge >= 0.3 is 6.03 Å². The van der Waals surface area contributed by atoms with Crippen molar-refractivity contribution in [1.29, 1.82) is 0 Å². The van der Waals surface area contributed by atoms with E-state index in [9.17, 15) is 14.4 Å². The van der Waals surface area contributed by atoms with Gasteiger partial charge in [-0.3, -0.25) is 14.5 Å². The highest BCUT2D eigenvalue weighted by atomic mass is 79.9. The zero-order valence-corrected chi connectivity index (χ0v) is 16.8. The Kier molecular flexibility index (Phi) is 6.43. The molecule has 0 spiro atoms. The smallest absolute Gasteiger partial charge is 0.315 e. The molecule has 8 heteroatoms. The van der Waals surface area contributed by atoms with Crippen molar-refractivity contribution in [2.24, 2.45) is 5.73 Å². The number of nitrogens with one attached hydrogen (secondary N) is 2. The van der Waals surface area contributed by atoms with Crippen molar-refractivity contribution in [1.82, 2.24) is 15.5 Å². The lowest BCUT2D eigenvalue weighted by atomic mass is 10.1. The molecule has 1 aliphatic heterocycles. The molecule has 0 radical (unpaired) electrons. The number of nitrogens with two attached hydrogens (primary N) is 1. The van der Waals surface area contributed by atoms with Crippen molar-refractivity contribution in [2.75, 3.05) is 13.1 Å². The minimum Gasteiger partial charge on any atom is -0.338 e. The summed E-state index contributed by atoms with van der Waals surface area (Å²) in [6.07, 6.45) is 0.475. The van der Waals surface area contributed by atoms with Gasteiger partial charge in [0.2, 0.25) is 0 Å². The van der Waals surface area contributed by atoms with Gasteiger partial charge in [0.1, 0.15) is 0 Å². The van der Waals surface area contributed by atoms with Crippen LogP contribution >= 0.6 is 15.9 Å². The fourth-order valence-electron chi connectivity index (χ4n) is 3.02. The van der Waals surface area contributed by atoms with Gasteiger partial charge in [-0.25, -0.2) is 4.79 Å². The molecule has 2 aromatic carbocycles. The van der Waals surface area contributed by atoms with E-state index in [1.54, 1.807) is 18.2 Å². The normalized spacial score (nSPS) is 12.9. The molecule has 0 bridgehead atoms. The molecule has 4 amide bonds. The third-order valence-corrected chi connectivity index (χ3v) is 4.95. The van der Waals surface area contributed by atoms with Gasteiger partial charge in [-0.05, 0) is 35.7 Å². The van der Waals surface area contributed by atoms with Crippen molar-refractivity contribution in [3.05, 3.63) is 69.2 Å². The zero-order chi connectivity index (χ0) is 20.1. The van der Waals surface area contributed by atoms with E-state index in [0.29, 0.717) is 37.2 Å². The summed E-state index contributed by atoms with van der Waals surface area (Å²) < 4.78 is 0.754. The van der Waals surface area contributed by atoms with Crippen molar-refractivity contribution < 1.29 is 14.4 Å². The topological polar surface area (TPSA) is 105 Å². The van der Waals surface area contributed by atoms with Crippen LogP contribution in [0.15, 0.2) is 46.9 Å². The Balaban J connectivity index is 1.41. The summed E-state index contributed by atoms with van der Waals surface area (Å²) in [7, 11) is 0. The van der Waals surface area contributed by atoms with Crippen LogP contribution in [0.5, 0.6) is 0 Å². The van der Waals surface area contributed by atoms with Gasteiger partial charge in [-0.1, -0.05) is 40.2 Å². The molecule has 0 fully saturated rings. The Morgan fingerprint density at radius 3 is 2.54 bits per heavy atom. The van der Waals surface area contributed by atoms with Crippen LogP contribution in [-0.4, -0.2) is 35.8 Å². The molecule has 0 saturated heterocycles. The van der Waals surface area contributed by atoms with Gasteiger partial charge < -0.3 is 16.4 Å². The number of rotatable bonds is 7. The molecule has 3 rings (SSSR count). The Morgan fingerprint density at radius 1 is 1.00 bits per heavy atom. The molecule has 0 aromatic heterocycles. The lowest BCUT2D eigenvalue weighted by Gasteiger charge is -2.14. The lowest BCUT2D eigenvalue weighted by Crippen LogP contribution is -2.37. The largest absolute Gasteiger partial charge is 0.338 e. The Hall–Kier alpha value is -2.71. The Labute approximate surface area is 171 Å². The Morgan fingerprint density at radius 2 is 1.75 bits per heavy atom. The number of imide groups is 1. The summed E-state index contributed by atoms with van der Waals surface area (Å²) in [4.78, 5) is 37.8. The molecule has 0 saturated carbocycles. The average Bonchev–Trinajstić information content (AvgIpc) is 2.93. The number of carbonyl (C=O) groups excluding carboxylic acids is 3. The molecule has 2 aromatic rings. The van der Waals surface area contributed by atoms with Gasteiger partial charge in [-0.2, -0.15) is 0 Å². The maximum absolute atomic E-state index is 12.4. The number of fused-ring (bicyclic) bond motifs is 1.